The van der Waals surface area contributed by atoms with Crippen LogP contribution in [0.15, 0.2) is 65.5 Å². The van der Waals surface area contributed by atoms with Crippen molar-refractivity contribution < 1.29 is 41.7 Å². The van der Waals surface area contributed by atoms with Gasteiger partial charge in [0.1, 0.15) is 17.5 Å². The van der Waals surface area contributed by atoms with E-state index >= 15 is 4.39 Å². The quantitative estimate of drug-likeness (QED) is 0.107. The number of nitrogens with zero attached hydrogens (tertiary/aromatic N) is 2. The molecular weight excluding hydrogens is 592 g/mol. The lowest BCUT2D eigenvalue weighted by atomic mass is 9.90. The molecule has 0 fully saturated rings. The third-order valence-corrected chi connectivity index (χ3v) is 6.19. The van der Waals surface area contributed by atoms with Crippen molar-refractivity contribution in [2.45, 2.75) is 18.5 Å². The van der Waals surface area contributed by atoms with Crippen molar-refractivity contribution in [3.05, 3.63) is 105 Å². The Bertz CT molecular complexity index is 1730. The number of carbonyl (C=O) groups excluding carboxylic acids is 1. The Morgan fingerprint density at radius 2 is 1.61 bits per heavy atom. The van der Waals surface area contributed by atoms with Gasteiger partial charge in [0.15, 0.2) is 11.5 Å². The number of ether oxygens (including phenoxy) is 2. The number of hydrogen-bond donors (Lipinski definition) is 5. The molecule has 0 aliphatic rings. The number of para-hydroxylation sites is 1. The summed E-state index contributed by atoms with van der Waals surface area (Å²) in [6.07, 6.45) is -4.85. The lowest BCUT2D eigenvalue weighted by Gasteiger charge is -2.18. The van der Waals surface area contributed by atoms with Gasteiger partial charge in [-0.2, -0.15) is 17.9 Å². The van der Waals surface area contributed by atoms with Gasteiger partial charge in [0.05, 0.1) is 31.4 Å². The number of carboxylic acid groups (broad SMARTS) is 1. The van der Waals surface area contributed by atoms with Crippen LogP contribution in [0, 0.1) is 11.2 Å². The second-order valence-corrected chi connectivity index (χ2v) is 9.01. The fraction of sp³-hybridized carbons (Fsp3) is 0.179. The number of aliphatic carboxylic acids is 1. The van der Waals surface area contributed by atoms with Gasteiger partial charge in [-0.3, -0.25) is 15.2 Å². The van der Waals surface area contributed by atoms with Gasteiger partial charge in [0, 0.05) is 17.2 Å². The van der Waals surface area contributed by atoms with E-state index in [2.05, 4.69) is 10.1 Å². The number of carboxylic acids is 1. The molecule has 3 aromatic carbocycles. The third-order valence-electron chi connectivity index (χ3n) is 6.19. The number of primary amides is 1. The number of rotatable bonds is 9. The first-order valence-electron chi connectivity index (χ1n) is 12.4. The van der Waals surface area contributed by atoms with Crippen molar-refractivity contribution in [1.82, 2.24) is 14.8 Å². The number of hydrogen-bond acceptors (Lipinski definition) is 7. The Labute approximate surface area is 246 Å². The van der Waals surface area contributed by atoms with Gasteiger partial charge < -0.3 is 26.0 Å². The predicted molar refractivity (Wildman–Crippen MR) is 149 cm³/mol. The van der Waals surface area contributed by atoms with E-state index in [0.717, 1.165) is 10.2 Å². The molecule has 0 saturated carbocycles. The molecule has 232 valence electrons. The number of benzene rings is 3. The van der Waals surface area contributed by atoms with Gasteiger partial charge >= 0.3 is 17.8 Å². The molecule has 7 N–H and O–H groups in total. The first-order chi connectivity index (χ1) is 20.7. The van der Waals surface area contributed by atoms with E-state index in [1.165, 1.54) is 32.4 Å². The fourth-order valence-electron chi connectivity index (χ4n) is 4.07. The normalized spacial score (nSPS) is 11.6. The molecule has 0 radical (unpaired) electrons. The van der Waals surface area contributed by atoms with Crippen LogP contribution in [0.25, 0.3) is 5.69 Å². The molecule has 0 aliphatic carbocycles. The first kappa shape index (κ1) is 32.8. The van der Waals surface area contributed by atoms with Crippen LogP contribution in [-0.2, 0) is 11.2 Å². The van der Waals surface area contributed by atoms with Crippen LogP contribution in [0.1, 0.15) is 38.8 Å². The number of amidine groups is 1. The maximum Gasteiger partial charge on any atom is 0.490 e. The molecule has 4 aromatic rings. The molecule has 1 heterocycles. The number of nitrogens with two attached hydrogens (primary N) is 2. The van der Waals surface area contributed by atoms with Crippen molar-refractivity contribution in [2.75, 3.05) is 14.2 Å². The van der Waals surface area contributed by atoms with Crippen LogP contribution < -0.4 is 26.6 Å². The minimum atomic E-state index is -5.08. The largest absolute Gasteiger partial charge is 0.493 e. The van der Waals surface area contributed by atoms with E-state index in [1.54, 1.807) is 42.5 Å². The molecule has 16 heteroatoms. The number of nitrogens with one attached hydrogen (secondary N) is 2. The molecule has 4 rings (SSSR count). The lowest BCUT2D eigenvalue weighted by Crippen LogP contribution is -2.21. The predicted octanol–water partition coefficient (Wildman–Crippen LogP) is 3.11. The molecule has 1 aromatic heterocycles. The van der Waals surface area contributed by atoms with Crippen LogP contribution in [0.2, 0.25) is 0 Å². The Morgan fingerprint density at radius 1 is 1.05 bits per heavy atom. The van der Waals surface area contributed by atoms with Crippen molar-refractivity contribution >= 4 is 17.7 Å². The summed E-state index contributed by atoms with van der Waals surface area (Å²) in [5, 5.41) is 19.2. The van der Waals surface area contributed by atoms with Crippen molar-refractivity contribution in [1.29, 1.82) is 5.41 Å². The van der Waals surface area contributed by atoms with Crippen molar-refractivity contribution in [3.63, 3.8) is 0 Å². The average molecular weight is 619 g/mol. The summed E-state index contributed by atoms with van der Waals surface area (Å²) in [5.74, 6) is -4.24. The van der Waals surface area contributed by atoms with Gasteiger partial charge in [-0.15, -0.1) is 5.10 Å². The average Bonchev–Trinajstić information content (AvgIpc) is 3.36. The molecule has 0 saturated heterocycles. The topological polar surface area (TPSA) is 199 Å². The highest BCUT2D eigenvalue weighted by Crippen LogP contribution is 2.36. The molecule has 0 bridgehead atoms. The van der Waals surface area contributed by atoms with Crippen LogP contribution in [-0.4, -0.2) is 58.0 Å². The van der Waals surface area contributed by atoms with Gasteiger partial charge in [0.2, 0.25) is 0 Å². The van der Waals surface area contributed by atoms with E-state index in [4.69, 9.17) is 36.3 Å². The summed E-state index contributed by atoms with van der Waals surface area (Å²) >= 11 is 0. The van der Waals surface area contributed by atoms with Gasteiger partial charge in [-0.1, -0.05) is 36.4 Å². The molecule has 0 aliphatic heterocycles. The number of carbonyl (C=O) groups is 2. The highest BCUT2D eigenvalue weighted by Gasteiger charge is 2.38. The monoisotopic (exact) mass is 618 g/mol. The molecule has 1 unspecified atom stereocenters. The Hall–Kier alpha value is -5.67. The molecule has 44 heavy (non-hydrogen) atoms. The summed E-state index contributed by atoms with van der Waals surface area (Å²) in [6.45, 7) is 0. The van der Waals surface area contributed by atoms with E-state index in [0.29, 0.717) is 11.3 Å². The highest BCUT2D eigenvalue weighted by molar-refractivity contribution is 5.96. The SMILES string of the molecule is COc1cc(F)c(C(Cc2ccc(C(=N)N)cc2)c2nn(-c3ccccc3C(N)=O)c(=O)[nH]2)cc1OC.O=C(O)C(F)(F)F. The first-order valence-corrected chi connectivity index (χ1v) is 12.4. The van der Waals surface area contributed by atoms with Crippen LogP contribution in [0.5, 0.6) is 11.5 Å². The van der Waals surface area contributed by atoms with Crippen molar-refractivity contribution in [3.8, 4) is 17.2 Å². The number of amides is 1. The van der Waals surface area contributed by atoms with Gasteiger partial charge in [-0.25, -0.2) is 14.0 Å². The summed E-state index contributed by atoms with van der Waals surface area (Å²) < 4.78 is 58.7. The smallest absolute Gasteiger partial charge is 0.490 e. The number of H-pyrrole nitrogens is 1. The fourth-order valence-corrected chi connectivity index (χ4v) is 4.07. The Morgan fingerprint density at radius 3 is 2.14 bits per heavy atom. The molecular formula is C28H26F4N6O6. The number of aromatic nitrogens is 3. The molecule has 1 atom stereocenters. The number of alkyl halides is 3. The van der Waals surface area contributed by atoms with Gasteiger partial charge in [0.25, 0.3) is 5.91 Å². The number of nitrogen functional groups attached to an aromatic ring is 1. The zero-order valence-corrected chi connectivity index (χ0v) is 23.1. The molecule has 12 nitrogen and oxygen atoms in total. The molecule has 1 amide bonds. The van der Waals surface area contributed by atoms with E-state index in [1.807, 2.05) is 0 Å². The Kier molecular flexibility index (Phi) is 10.1. The summed E-state index contributed by atoms with van der Waals surface area (Å²) in [4.78, 5) is 36.5. The number of halogens is 4. The second kappa shape index (κ2) is 13.5. The minimum absolute atomic E-state index is 0.0785. The van der Waals surface area contributed by atoms with Crippen LogP contribution in [0.4, 0.5) is 17.6 Å². The van der Waals surface area contributed by atoms with E-state index < -0.39 is 35.5 Å². The van der Waals surface area contributed by atoms with Crippen molar-refractivity contribution in [2.24, 2.45) is 11.5 Å². The summed E-state index contributed by atoms with van der Waals surface area (Å²) in [6, 6.07) is 15.9. The lowest BCUT2D eigenvalue weighted by molar-refractivity contribution is -0.192. The zero-order valence-electron chi connectivity index (χ0n) is 23.1. The standard InChI is InChI=1S/C26H25FN6O4.C2HF3O2/c1-36-21-12-17(19(27)13-22(21)37-2)18(11-14-7-9-15(10-8-14)23(28)29)25-31-26(35)33(32-25)20-6-4-3-5-16(20)24(30)34;3-2(4,5)1(6)7/h3-10,12-13,18H,11H2,1-2H3,(H3,28,29)(H2,30,34)(H,31,32,35);(H,6,7). The number of aromatic amines is 1. The van der Waals surface area contributed by atoms with Crippen LogP contribution in [0.3, 0.4) is 0 Å². The van der Waals surface area contributed by atoms with E-state index in [9.17, 15) is 22.8 Å². The second-order valence-electron chi connectivity index (χ2n) is 9.01. The Balaban J connectivity index is 0.000000676. The van der Waals surface area contributed by atoms with E-state index in [-0.39, 0.29) is 40.6 Å². The zero-order chi connectivity index (χ0) is 32.8. The molecule has 0 spiro atoms. The maximum atomic E-state index is 15.4. The maximum absolute atomic E-state index is 15.4. The minimum Gasteiger partial charge on any atom is -0.493 e. The van der Waals surface area contributed by atoms with Crippen LogP contribution >= 0.6 is 0 Å². The highest BCUT2D eigenvalue weighted by atomic mass is 19.4. The number of methoxy groups -OCH3 is 2. The summed E-state index contributed by atoms with van der Waals surface area (Å²) in [5.41, 5.74) is 12.2. The van der Waals surface area contributed by atoms with Gasteiger partial charge in [-0.05, 0) is 30.2 Å². The third kappa shape index (κ3) is 7.58. The summed E-state index contributed by atoms with van der Waals surface area (Å²) in [7, 11) is 2.84.